The molecule has 0 saturated heterocycles. The molecule has 0 aliphatic heterocycles. The third kappa shape index (κ3) is 11.8. The fraction of sp³-hybridized carbons (Fsp3) is 0.565. The van der Waals surface area contributed by atoms with Gasteiger partial charge < -0.3 is 30.2 Å². The third-order valence-corrected chi connectivity index (χ3v) is 4.69. The zero-order valence-electron chi connectivity index (χ0n) is 19.7. The summed E-state index contributed by atoms with van der Waals surface area (Å²) in [5.41, 5.74) is 0.890. The molecule has 0 aliphatic carbocycles. The molecule has 10 nitrogen and oxygen atoms in total. The van der Waals surface area contributed by atoms with Crippen LogP contribution in [0.4, 0.5) is 9.59 Å². The summed E-state index contributed by atoms with van der Waals surface area (Å²) in [6.07, 6.45) is 1.27. The zero-order valence-corrected chi connectivity index (χ0v) is 19.7. The number of unbranched alkanes of at least 4 members (excludes halogenated alkanes) is 1. The average molecular weight is 466 g/mol. The van der Waals surface area contributed by atoms with E-state index in [1.165, 1.54) is 14.2 Å². The summed E-state index contributed by atoms with van der Waals surface area (Å²) >= 11 is 0. The molecule has 0 radical (unpaired) electrons. The van der Waals surface area contributed by atoms with Crippen molar-refractivity contribution in [1.29, 1.82) is 0 Å². The molecular formula is C23H35N3O7. The minimum Gasteiger partial charge on any atom is -0.467 e. The highest BCUT2D eigenvalue weighted by atomic mass is 16.5. The highest BCUT2D eigenvalue weighted by molar-refractivity contribution is 5.87. The van der Waals surface area contributed by atoms with Gasteiger partial charge >= 0.3 is 24.1 Å². The Morgan fingerprint density at radius 1 is 0.879 bits per heavy atom. The standard InChI is InChI=1S/C23H35N3O7/c1-16(2)14-19(21(28)32-4)26-22(29)25-18(20(27)31-3)12-8-9-13-24-23(30)33-15-17-10-6-5-7-11-17/h5-7,10-11,16,18-19H,8-9,12-15H2,1-4H3,(H,24,30)(H2,25,26,29)/t18-,19-/m0/s1. The minimum atomic E-state index is -0.891. The van der Waals surface area contributed by atoms with Crippen LogP contribution in [0.2, 0.25) is 0 Å². The van der Waals surface area contributed by atoms with Crippen molar-refractivity contribution in [2.75, 3.05) is 20.8 Å². The molecule has 1 rings (SSSR count). The van der Waals surface area contributed by atoms with Gasteiger partial charge in [0, 0.05) is 6.54 Å². The van der Waals surface area contributed by atoms with E-state index >= 15 is 0 Å². The normalized spacial score (nSPS) is 12.3. The highest BCUT2D eigenvalue weighted by Gasteiger charge is 2.26. The first-order valence-electron chi connectivity index (χ1n) is 10.9. The van der Waals surface area contributed by atoms with Crippen molar-refractivity contribution in [3.8, 4) is 0 Å². The van der Waals surface area contributed by atoms with Gasteiger partial charge in [0.2, 0.25) is 0 Å². The van der Waals surface area contributed by atoms with Crippen LogP contribution in [0, 0.1) is 5.92 Å². The number of alkyl carbamates (subject to hydrolysis) is 1. The number of carbonyl (C=O) groups is 4. The number of urea groups is 1. The summed E-state index contributed by atoms with van der Waals surface area (Å²) in [5.74, 6) is -1.00. The predicted molar refractivity (Wildman–Crippen MR) is 121 cm³/mol. The van der Waals surface area contributed by atoms with Crippen LogP contribution < -0.4 is 16.0 Å². The van der Waals surface area contributed by atoms with Gasteiger partial charge in [-0.1, -0.05) is 44.2 Å². The SMILES string of the molecule is COC(=O)[C@H](CCCCNC(=O)OCc1ccccc1)NC(=O)N[C@@H](CC(C)C)C(=O)OC. The Labute approximate surface area is 194 Å². The van der Waals surface area contributed by atoms with Crippen molar-refractivity contribution in [1.82, 2.24) is 16.0 Å². The van der Waals surface area contributed by atoms with Crippen LogP contribution in [0.5, 0.6) is 0 Å². The Kier molecular flexibility index (Phi) is 13.0. The number of nitrogens with one attached hydrogen (secondary N) is 3. The number of hydrogen-bond donors (Lipinski definition) is 3. The molecule has 0 saturated carbocycles. The maximum Gasteiger partial charge on any atom is 0.407 e. The summed E-state index contributed by atoms with van der Waals surface area (Å²) in [7, 11) is 2.48. The lowest BCUT2D eigenvalue weighted by atomic mass is 10.0. The quantitative estimate of drug-likeness (QED) is 0.232. The van der Waals surface area contributed by atoms with Crippen LogP contribution in [0.1, 0.15) is 45.1 Å². The first-order chi connectivity index (χ1) is 15.8. The van der Waals surface area contributed by atoms with Gasteiger partial charge in [0.25, 0.3) is 0 Å². The zero-order chi connectivity index (χ0) is 24.6. The maximum absolute atomic E-state index is 12.3. The second-order valence-corrected chi connectivity index (χ2v) is 7.88. The lowest BCUT2D eigenvalue weighted by Crippen LogP contribution is -2.51. The molecule has 10 heteroatoms. The van der Waals surface area contributed by atoms with Crippen LogP contribution in [0.25, 0.3) is 0 Å². The van der Waals surface area contributed by atoms with Gasteiger partial charge in [-0.25, -0.2) is 19.2 Å². The molecule has 1 aromatic carbocycles. The molecule has 0 aromatic heterocycles. The Hall–Kier alpha value is -3.30. The Morgan fingerprint density at radius 3 is 2.09 bits per heavy atom. The number of esters is 2. The number of methoxy groups -OCH3 is 2. The molecule has 0 heterocycles. The first kappa shape index (κ1) is 27.7. The second-order valence-electron chi connectivity index (χ2n) is 7.88. The van der Waals surface area contributed by atoms with Gasteiger partial charge in [0.1, 0.15) is 18.7 Å². The minimum absolute atomic E-state index is 0.151. The number of carbonyl (C=O) groups excluding carboxylic acids is 4. The lowest BCUT2D eigenvalue weighted by molar-refractivity contribution is -0.143. The van der Waals surface area contributed by atoms with E-state index in [0.717, 1.165) is 5.56 Å². The monoisotopic (exact) mass is 465 g/mol. The molecule has 0 bridgehead atoms. The molecular weight excluding hydrogens is 430 g/mol. The van der Waals surface area contributed by atoms with Crippen LogP contribution in [0.3, 0.4) is 0 Å². The Morgan fingerprint density at radius 2 is 1.48 bits per heavy atom. The molecule has 0 aliphatic rings. The summed E-state index contributed by atoms with van der Waals surface area (Å²) in [4.78, 5) is 48.0. The van der Waals surface area contributed by atoms with Gasteiger partial charge in [-0.05, 0) is 37.2 Å². The molecule has 184 valence electrons. The average Bonchev–Trinajstić information content (AvgIpc) is 2.80. The van der Waals surface area contributed by atoms with Crippen LogP contribution in [-0.2, 0) is 30.4 Å². The van der Waals surface area contributed by atoms with E-state index in [1.54, 1.807) is 0 Å². The molecule has 3 N–H and O–H groups in total. The van der Waals surface area contributed by atoms with E-state index in [-0.39, 0.29) is 12.5 Å². The van der Waals surface area contributed by atoms with E-state index in [0.29, 0.717) is 32.2 Å². The van der Waals surface area contributed by atoms with E-state index in [2.05, 4.69) is 16.0 Å². The van der Waals surface area contributed by atoms with Crippen LogP contribution in [-0.4, -0.2) is 56.9 Å². The summed E-state index contributed by atoms with van der Waals surface area (Å²) in [6.45, 7) is 4.36. The van der Waals surface area contributed by atoms with Crippen molar-refractivity contribution in [2.45, 2.75) is 58.2 Å². The summed E-state index contributed by atoms with van der Waals surface area (Å²) in [5, 5.41) is 7.74. The molecule has 0 spiro atoms. The number of hydrogen-bond acceptors (Lipinski definition) is 7. The third-order valence-electron chi connectivity index (χ3n) is 4.69. The predicted octanol–water partition coefficient (Wildman–Crippen LogP) is 2.51. The summed E-state index contributed by atoms with van der Waals surface area (Å²) in [6, 6.07) is 6.96. The number of amides is 3. The smallest absolute Gasteiger partial charge is 0.407 e. The Balaban J connectivity index is 2.40. The van der Waals surface area contributed by atoms with Gasteiger partial charge in [0.15, 0.2) is 0 Å². The van der Waals surface area contributed by atoms with Crippen molar-refractivity contribution in [3.05, 3.63) is 35.9 Å². The van der Waals surface area contributed by atoms with E-state index in [9.17, 15) is 19.2 Å². The van der Waals surface area contributed by atoms with Crippen molar-refractivity contribution in [2.24, 2.45) is 5.92 Å². The fourth-order valence-electron chi connectivity index (χ4n) is 3.02. The number of benzene rings is 1. The van der Waals surface area contributed by atoms with Crippen LogP contribution in [0.15, 0.2) is 30.3 Å². The topological polar surface area (TPSA) is 132 Å². The van der Waals surface area contributed by atoms with E-state index in [1.807, 2.05) is 44.2 Å². The number of ether oxygens (including phenoxy) is 3. The largest absolute Gasteiger partial charge is 0.467 e. The Bertz CT molecular complexity index is 756. The van der Waals surface area contributed by atoms with Crippen LogP contribution >= 0.6 is 0 Å². The maximum atomic E-state index is 12.3. The highest BCUT2D eigenvalue weighted by Crippen LogP contribution is 2.07. The van der Waals surface area contributed by atoms with E-state index in [4.69, 9.17) is 14.2 Å². The fourth-order valence-corrected chi connectivity index (χ4v) is 3.02. The van der Waals surface area contributed by atoms with Crippen molar-refractivity contribution < 1.29 is 33.4 Å². The second kappa shape index (κ2) is 15.5. The van der Waals surface area contributed by atoms with E-state index < -0.39 is 36.1 Å². The van der Waals surface area contributed by atoms with Gasteiger partial charge in [0.05, 0.1) is 14.2 Å². The molecule has 0 unspecified atom stereocenters. The molecule has 0 fully saturated rings. The van der Waals surface area contributed by atoms with Gasteiger partial charge in [-0.2, -0.15) is 0 Å². The number of rotatable bonds is 13. The van der Waals surface area contributed by atoms with Gasteiger partial charge in [-0.3, -0.25) is 0 Å². The molecule has 1 aromatic rings. The molecule has 33 heavy (non-hydrogen) atoms. The first-order valence-corrected chi connectivity index (χ1v) is 10.9. The lowest BCUT2D eigenvalue weighted by Gasteiger charge is -2.21. The van der Waals surface area contributed by atoms with Gasteiger partial charge in [-0.15, -0.1) is 0 Å². The summed E-state index contributed by atoms with van der Waals surface area (Å²) < 4.78 is 14.6. The molecule has 3 amide bonds. The molecule has 2 atom stereocenters. The van der Waals surface area contributed by atoms with Crippen molar-refractivity contribution in [3.63, 3.8) is 0 Å². The van der Waals surface area contributed by atoms with Crippen molar-refractivity contribution >= 4 is 24.1 Å².